The van der Waals surface area contributed by atoms with Crippen molar-refractivity contribution in [2.24, 2.45) is 0 Å². The lowest BCUT2D eigenvalue weighted by atomic mass is 10.2. The third-order valence-corrected chi connectivity index (χ3v) is 2.29. The number of alkyl carbamates (subject to hydrolysis) is 1. The summed E-state index contributed by atoms with van der Waals surface area (Å²) in [5.41, 5.74) is -0.576. The molecule has 0 aromatic heterocycles. The fourth-order valence-corrected chi connectivity index (χ4v) is 1.46. The minimum absolute atomic E-state index is 0.222. The molecule has 0 fully saturated rings. The topological polar surface area (TPSA) is 94.2 Å². The Morgan fingerprint density at radius 1 is 1.18 bits per heavy atom. The van der Waals surface area contributed by atoms with E-state index in [1.54, 1.807) is 27.7 Å². The number of amides is 2. The highest BCUT2D eigenvalue weighted by Gasteiger charge is 2.19. The van der Waals surface area contributed by atoms with Gasteiger partial charge in [-0.25, -0.2) is 9.59 Å². The van der Waals surface area contributed by atoms with Gasteiger partial charge in [-0.1, -0.05) is 0 Å². The van der Waals surface area contributed by atoms with Crippen molar-refractivity contribution in [1.29, 1.82) is 0 Å². The molecule has 0 aliphatic heterocycles. The second kappa shape index (κ2) is 9.11. The van der Waals surface area contributed by atoms with E-state index in [-0.39, 0.29) is 13.1 Å². The molecular formula is C14H26N2O6. The molecule has 8 heteroatoms. The fourth-order valence-electron chi connectivity index (χ4n) is 1.46. The van der Waals surface area contributed by atoms with Crippen molar-refractivity contribution < 1.29 is 28.6 Å². The molecule has 1 N–H and O–H groups in total. The molecule has 0 saturated heterocycles. The van der Waals surface area contributed by atoms with Gasteiger partial charge in [-0.3, -0.25) is 4.79 Å². The number of rotatable bonds is 6. The zero-order chi connectivity index (χ0) is 17.3. The zero-order valence-electron chi connectivity index (χ0n) is 14.1. The smallest absolute Gasteiger partial charge is 0.412 e. The molecule has 0 rings (SSSR count). The van der Waals surface area contributed by atoms with Crippen LogP contribution in [0.4, 0.5) is 9.59 Å². The number of likely N-dealkylation sites (N-methyl/N-ethyl adjacent to an activating group) is 1. The van der Waals surface area contributed by atoms with Gasteiger partial charge in [-0.15, -0.1) is 0 Å². The van der Waals surface area contributed by atoms with Gasteiger partial charge in [0.05, 0.1) is 0 Å². The predicted octanol–water partition coefficient (Wildman–Crippen LogP) is 1.88. The van der Waals surface area contributed by atoms with Crippen molar-refractivity contribution in [3.05, 3.63) is 0 Å². The van der Waals surface area contributed by atoms with E-state index in [1.165, 1.54) is 18.7 Å². The molecule has 22 heavy (non-hydrogen) atoms. The molecule has 2 amide bonds. The molecule has 0 aromatic rings. The maximum absolute atomic E-state index is 11.8. The Morgan fingerprint density at radius 3 is 2.23 bits per heavy atom. The first-order chi connectivity index (χ1) is 10.0. The van der Waals surface area contributed by atoms with Crippen molar-refractivity contribution in [3.8, 4) is 0 Å². The van der Waals surface area contributed by atoms with Gasteiger partial charge in [0.15, 0.2) is 0 Å². The molecule has 0 saturated carbocycles. The van der Waals surface area contributed by atoms with Gasteiger partial charge in [0.2, 0.25) is 6.29 Å². The van der Waals surface area contributed by atoms with Crippen molar-refractivity contribution in [2.45, 2.75) is 53.4 Å². The van der Waals surface area contributed by atoms with Crippen LogP contribution >= 0.6 is 0 Å². The third-order valence-electron chi connectivity index (χ3n) is 2.29. The Kier molecular flexibility index (Phi) is 8.29. The Morgan fingerprint density at radius 2 is 1.77 bits per heavy atom. The van der Waals surface area contributed by atoms with Crippen LogP contribution in [0.15, 0.2) is 0 Å². The summed E-state index contributed by atoms with van der Waals surface area (Å²) in [4.78, 5) is 35.4. The first-order valence-electron chi connectivity index (χ1n) is 7.14. The van der Waals surface area contributed by atoms with E-state index in [9.17, 15) is 14.4 Å². The van der Waals surface area contributed by atoms with Crippen LogP contribution in [0.3, 0.4) is 0 Å². The number of esters is 1. The second-order valence-corrected chi connectivity index (χ2v) is 5.57. The van der Waals surface area contributed by atoms with Crippen molar-refractivity contribution >= 4 is 18.2 Å². The Bertz CT molecular complexity index is 391. The number of hydrogen-bond donors (Lipinski definition) is 1. The first-order valence-corrected chi connectivity index (χ1v) is 7.14. The van der Waals surface area contributed by atoms with Gasteiger partial charge in [-0.05, 0) is 27.7 Å². The van der Waals surface area contributed by atoms with Gasteiger partial charge in [0, 0.05) is 33.5 Å². The summed E-state index contributed by atoms with van der Waals surface area (Å²) in [6, 6.07) is 0. The molecule has 0 aliphatic rings. The maximum atomic E-state index is 11.8. The molecule has 0 heterocycles. The van der Waals surface area contributed by atoms with E-state index in [2.05, 4.69) is 5.32 Å². The van der Waals surface area contributed by atoms with E-state index in [0.717, 1.165) is 0 Å². The third kappa shape index (κ3) is 9.84. The number of carbonyl (C=O) groups is 3. The van der Waals surface area contributed by atoms with Gasteiger partial charge < -0.3 is 24.4 Å². The molecule has 0 aromatic carbocycles. The number of nitrogens with zero attached hydrogens (tertiary/aromatic N) is 1. The summed E-state index contributed by atoms with van der Waals surface area (Å²) >= 11 is 0. The van der Waals surface area contributed by atoms with E-state index in [0.29, 0.717) is 6.54 Å². The molecular weight excluding hydrogens is 292 g/mol. The second-order valence-electron chi connectivity index (χ2n) is 5.57. The summed E-state index contributed by atoms with van der Waals surface area (Å²) < 4.78 is 14.7. The number of carbonyl (C=O) groups excluding carboxylic acids is 3. The van der Waals surface area contributed by atoms with Crippen LogP contribution in [0.5, 0.6) is 0 Å². The van der Waals surface area contributed by atoms with Crippen LogP contribution in [-0.2, 0) is 19.0 Å². The van der Waals surface area contributed by atoms with Crippen molar-refractivity contribution in [3.63, 3.8) is 0 Å². The summed E-state index contributed by atoms with van der Waals surface area (Å²) in [6.07, 6.45) is -2.13. The number of hydrogen-bond acceptors (Lipinski definition) is 6. The molecule has 0 aliphatic carbocycles. The lowest BCUT2D eigenvalue weighted by molar-refractivity contribution is -0.163. The summed E-state index contributed by atoms with van der Waals surface area (Å²) in [5, 5.41) is 2.55. The minimum Gasteiger partial charge on any atom is -0.444 e. The monoisotopic (exact) mass is 318 g/mol. The largest absolute Gasteiger partial charge is 0.444 e. The Balaban J connectivity index is 4.18. The fraction of sp³-hybridized carbons (Fsp3) is 0.786. The molecule has 1 unspecified atom stereocenters. The number of nitrogens with one attached hydrogen (secondary N) is 1. The Hall–Kier alpha value is -1.99. The SMILES string of the molecule is CCN(CCNC(=O)OC(C)(C)C)C(=O)OC(C)OC(C)=O. The zero-order valence-corrected chi connectivity index (χ0v) is 14.1. The molecule has 0 radical (unpaired) electrons. The van der Waals surface area contributed by atoms with E-state index >= 15 is 0 Å². The van der Waals surface area contributed by atoms with Gasteiger partial charge in [0.25, 0.3) is 0 Å². The maximum Gasteiger partial charge on any atom is 0.412 e. The van der Waals surface area contributed by atoms with Gasteiger partial charge in [-0.2, -0.15) is 0 Å². The van der Waals surface area contributed by atoms with Crippen LogP contribution < -0.4 is 5.32 Å². The van der Waals surface area contributed by atoms with Crippen LogP contribution in [0, 0.1) is 0 Å². The quantitative estimate of drug-likeness (QED) is 0.593. The highest BCUT2D eigenvalue weighted by atomic mass is 16.7. The lowest BCUT2D eigenvalue weighted by Crippen LogP contribution is -2.41. The molecule has 0 bridgehead atoms. The summed E-state index contributed by atoms with van der Waals surface area (Å²) in [5.74, 6) is -0.532. The normalized spacial score (nSPS) is 12.1. The van der Waals surface area contributed by atoms with E-state index in [1.807, 2.05) is 0 Å². The van der Waals surface area contributed by atoms with Crippen LogP contribution in [0.1, 0.15) is 41.5 Å². The molecule has 1 atom stereocenters. The van der Waals surface area contributed by atoms with Crippen LogP contribution in [-0.4, -0.2) is 54.6 Å². The number of ether oxygens (including phenoxy) is 3. The molecule has 0 spiro atoms. The standard InChI is InChI=1S/C14H26N2O6/c1-7-16(13(19)21-11(3)20-10(2)17)9-8-15-12(18)22-14(4,5)6/h11H,7-9H2,1-6H3,(H,15,18). The van der Waals surface area contributed by atoms with E-state index in [4.69, 9.17) is 14.2 Å². The average Bonchev–Trinajstić information content (AvgIpc) is 2.30. The summed E-state index contributed by atoms with van der Waals surface area (Å²) in [7, 11) is 0. The minimum atomic E-state index is -0.960. The Labute approximate surface area is 131 Å². The van der Waals surface area contributed by atoms with Gasteiger partial charge in [0.1, 0.15) is 5.60 Å². The average molecular weight is 318 g/mol. The van der Waals surface area contributed by atoms with E-state index < -0.39 is 30.0 Å². The summed E-state index contributed by atoms with van der Waals surface area (Å²) in [6.45, 7) is 10.6. The van der Waals surface area contributed by atoms with Gasteiger partial charge >= 0.3 is 18.2 Å². The van der Waals surface area contributed by atoms with Crippen LogP contribution in [0.2, 0.25) is 0 Å². The highest BCUT2D eigenvalue weighted by Crippen LogP contribution is 2.06. The molecule has 8 nitrogen and oxygen atoms in total. The lowest BCUT2D eigenvalue weighted by Gasteiger charge is -2.23. The first kappa shape index (κ1) is 20.0. The highest BCUT2D eigenvalue weighted by molar-refractivity contribution is 5.69. The van der Waals surface area contributed by atoms with Crippen LogP contribution in [0.25, 0.3) is 0 Å². The van der Waals surface area contributed by atoms with Crippen molar-refractivity contribution in [1.82, 2.24) is 10.2 Å². The predicted molar refractivity (Wildman–Crippen MR) is 79.2 cm³/mol. The van der Waals surface area contributed by atoms with Crippen molar-refractivity contribution in [2.75, 3.05) is 19.6 Å². The molecule has 128 valence electrons.